The van der Waals surface area contributed by atoms with Gasteiger partial charge in [-0.1, -0.05) is 0 Å². The second-order valence-corrected chi connectivity index (χ2v) is 5.41. The largest absolute Gasteiger partial charge is 0.379 e. The molecule has 22 heavy (non-hydrogen) atoms. The minimum Gasteiger partial charge on any atom is -0.379 e. The Morgan fingerprint density at radius 2 is 2.18 bits per heavy atom. The fourth-order valence-electron chi connectivity index (χ4n) is 2.61. The van der Waals surface area contributed by atoms with E-state index < -0.39 is 0 Å². The first-order valence-corrected chi connectivity index (χ1v) is 7.73. The summed E-state index contributed by atoms with van der Waals surface area (Å²) in [5.74, 6) is 0.866. The van der Waals surface area contributed by atoms with Gasteiger partial charge in [0, 0.05) is 26.7 Å². The van der Waals surface area contributed by atoms with Gasteiger partial charge >= 0.3 is 0 Å². The molecule has 0 saturated carbocycles. The molecule has 2 aromatic rings. The van der Waals surface area contributed by atoms with Crippen molar-refractivity contribution in [1.29, 1.82) is 0 Å². The molecule has 0 radical (unpaired) electrons. The highest BCUT2D eigenvalue weighted by Gasteiger charge is 2.09. The molecule has 0 atom stereocenters. The predicted molar refractivity (Wildman–Crippen MR) is 84.1 cm³/mol. The normalized spacial score (nSPS) is 16.2. The molecule has 0 aliphatic carbocycles. The molecule has 0 spiro atoms. The number of morpholine rings is 1. The lowest BCUT2D eigenvalue weighted by atomic mass is 10.3. The smallest absolute Gasteiger partial charge is 0.154 e. The number of ether oxygens (including phenoxy) is 2. The lowest BCUT2D eigenvalue weighted by Crippen LogP contribution is -2.37. The number of rotatable bonds is 7. The van der Waals surface area contributed by atoms with Crippen molar-refractivity contribution in [2.24, 2.45) is 0 Å². The number of nitrogens with one attached hydrogen (secondary N) is 1. The van der Waals surface area contributed by atoms with Crippen LogP contribution in [0.2, 0.25) is 0 Å². The average molecular weight is 305 g/mol. The minimum atomic E-state index is 0.509. The molecule has 2 aromatic heterocycles. The summed E-state index contributed by atoms with van der Waals surface area (Å²) < 4.78 is 12.3. The summed E-state index contributed by atoms with van der Waals surface area (Å²) in [5, 5.41) is 7.94. The van der Waals surface area contributed by atoms with Gasteiger partial charge in [0.05, 0.1) is 31.7 Å². The quantitative estimate of drug-likeness (QED) is 0.770. The third-order valence-corrected chi connectivity index (χ3v) is 3.79. The van der Waals surface area contributed by atoms with Crippen LogP contribution in [0.15, 0.2) is 18.3 Å². The molecule has 1 N–H and O–H groups in total. The van der Waals surface area contributed by atoms with E-state index in [0.29, 0.717) is 6.61 Å². The van der Waals surface area contributed by atoms with Gasteiger partial charge < -0.3 is 14.8 Å². The Labute approximate surface area is 130 Å². The number of imidazole rings is 1. The molecule has 120 valence electrons. The molecule has 0 bridgehead atoms. The Bertz CT molecular complexity index is 595. The summed E-state index contributed by atoms with van der Waals surface area (Å²) in [6, 6.07) is 3.93. The number of fused-ring (bicyclic) bond motifs is 1. The van der Waals surface area contributed by atoms with E-state index in [9.17, 15) is 0 Å². The first-order valence-electron chi connectivity index (χ1n) is 7.73. The molecule has 1 saturated heterocycles. The van der Waals surface area contributed by atoms with Gasteiger partial charge in [-0.25, -0.2) is 9.50 Å². The Morgan fingerprint density at radius 3 is 3.00 bits per heavy atom. The van der Waals surface area contributed by atoms with Crippen molar-refractivity contribution in [1.82, 2.24) is 19.5 Å². The summed E-state index contributed by atoms with van der Waals surface area (Å²) in [7, 11) is 1.67. The Hall–Kier alpha value is -1.70. The van der Waals surface area contributed by atoms with Crippen molar-refractivity contribution in [2.45, 2.75) is 13.0 Å². The van der Waals surface area contributed by atoms with Crippen molar-refractivity contribution in [3.63, 3.8) is 0 Å². The highest BCUT2D eigenvalue weighted by Crippen LogP contribution is 2.10. The fraction of sp³-hybridized carbons (Fsp3) is 0.600. The number of hydrogen-bond acceptors (Lipinski definition) is 6. The number of nitrogens with zero attached hydrogens (tertiary/aromatic N) is 4. The molecule has 0 aromatic carbocycles. The zero-order valence-corrected chi connectivity index (χ0v) is 13.0. The van der Waals surface area contributed by atoms with Crippen LogP contribution >= 0.6 is 0 Å². The second kappa shape index (κ2) is 7.53. The lowest BCUT2D eigenvalue weighted by Gasteiger charge is -2.26. The Morgan fingerprint density at radius 1 is 1.32 bits per heavy atom. The maximum absolute atomic E-state index is 5.35. The first kappa shape index (κ1) is 15.2. The van der Waals surface area contributed by atoms with Crippen molar-refractivity contribution in [3.8, 4) is 0 Å². The number of aromatic nitrogens is 3. The van der Waals surface area contributed by atoms with Crippen molar-refractivity contribution in [3.05, 3.63) is 24.0 Å². The molecule has 0 unspecified atom stereocenters. The topological polar surface area (TPSA) is 63.9 Å². The van der Waals surface area contributed by atoms with Gasteiger partial charge in [0.1, 0.15) is 5.82 Å². The van der Waals surface area contributed by atoms with Gasteiger partial charge in [-0.2, -0.15) is 0 Å². The van der Waals surface area contributed by atoms with E-state index in [-0.39, 0.29) is 0 Å². The van der Waals surface area contributed by atoms with Gasteiger partial charge in [0.15, 0.2) is 5.65 Å². The molecule has 3 rings (SSSR count). The number of hydrogen-bond donors (Lipinski definition) is 1. The molecule has 1 fully saturated rings. The average Bonchev–Trinajstić information content (AvgIpc) is 2.96. The highest BCUT2D eigenvalue weighted by molar-refractivity contribution is 5.45. The Balaban J connectivity index is 1.51. The van der Waals surface area contributed by atoms with Crippen molar-refractivity contribution in [2.75, 3.05) is 51.8 Å². The van der Waals surface area contributed by atoms with Crippen LogP contribution in [0.25, 0.3) is 5.65 Å². The van der Waals surface area contributed by atoms with Gasteiger partial charge in [-0.3, -0.25) is 4.90 Å². The molecule has 0 amide bonds. The number of methoxy groups -OCH3 is 1. The first-order chi connectivity index (χ1) is 10.9. The predicted octanol–water partition coefficient (Wildman–Crippen LogP) is 1.01. The second-order valence-electron chi connectivity index (χ2n) is 5.41. The number of anilines is 1. The highest BCUT2D eigenvalue weighted by atomic mass is 16.5. The summed E-state index contributed by atoms with van der Waals surface area (Å²) in [5.41, 5.74) is 1.79. The molecular formula is C15H23N5O2. The molecular weight excluding hydrogens is 282 g/mol. The van der Waals surface area contributed by atoms with Crippen LogP contribution in [0.3, 0.4) is 0 Å². The SMILES string of the molecule is COCc1cnc2ccc(NCCCN3CCOCC3)nn12. The van der Waals surface area contributed by atoms with E-state index >= 15 is 0 Å². The summed E-state index contributed by atoms with van der Waals surface area (Å²) in [4.78, 5) is 6.75. The van der Waals surface area contributed by atoms with Crippen molar-refractivity contribution < 1.29 is 9.47 Å². The van der Waals surface area contributed by atoms with Gasteiger partial charge in [0.2, 0.25) is 0 Å². The van der Waals surface area contributed by atoms with E-state index in [1.165, 1.54) is 0 Å². The zero-order chi connectivity index (χ0) is 15.2. The van der Waals surface area contributed by atoms with Crippen LogP contribution in [0.5, 0.6) is 0 Å². The minimum absolute atomic E-state index is 0.509. The van der Waals surface area contributed by atoms with E-state index in [1.807, 2.05) is 16.6 Å². The molecule has 1 aliphatic rings. The molecule has 1 aliphatic heterocycles. The maximum atomic E-state index is 5.35. The third-order valence-electron chi connectivity index (χ3n) is 3.79. The standard InChI is InChI=1S/C15H23N5O2/c1-21-12-13-11-17-15-4-3-14(18-20(13)15)16-5-2-6-19-7-9-22-10-8-19/h3-4,11H,2,5-10,12H2,1H3,(H,16,18). The zero-order valence-electron chi connectivity index (χ0n) is 13.0. The van der Waals surface area contributed by atoms with Gasteiger partial charge in [0.25, 0.3) is 0 Å². The van der Waals surface area contributed by atoms with Gasteiger partial charge in [-0.05, 0) is 25.1 Å². The van der Waals surface area contributed by atoms with Crippen LogP contribution in [0, 0.1) is 0 Å². The van der Waals surface area contributed by atoms with E-state index in [1.54, 1.807) is 13.3 Å². The summed E-state index contributed by atoms with van der Waals surface area (Å²) in [6.07, 6.45) is 2.89. The fourth-order valence-corrected chi connectivity index (χ4v) is 2.61. The van der Waals surface area contributed by atoms with E-state index in [0.717, 1.165) is 63.0 Å². The van der Waals surface area contributed by atoms with Crippen molar-refractivity contribution >= 4 is 11.5 Å². The molecule has 7 nitrogen and oxygen atoms in total. The van der Waals surface area contributed by atoms with Crippen LogP contribution < -0.4 is 5.32 Å². The molecule has 3 heterocycles. The van der Waals surface area contributed by atoms with E-state index in [4.69, 9.17) is 9.47 Å². The molecule has 7 heteroatoms. The lowest BCUT2D eigenvalue weighted by molar-refractivity contribution is 0.0378. The van der Waals surface area contributed by atoms with Crippen LogP contribution in [0.4, 0.5) is 5.82 Å². The summed E-state index contributed by atoms with van der Waals surface area (Å²) in [6.45, 7) is 6.31. The summed E-state index contributed by atoms with van der Waals surface area (Å²) >= 11 is 0. The van der Waals surface area contributed by atoms with Crippen LogP contribution in [-0.4, -0.2) is 66.0 Å². The van der Waals surface area contributed by atoms with Crippen LogP contribution in [-0.2, 0) is 16.1 Å². The van der Waals surface area contributed by atoms with Crippen LogP contribution in [0.1, 0.15) is 12.1 Å². The third kappa shape index (κ3) is 3.73. The Kier molecular flexibility index (Phi) is 5.20. The maximum Gasteiger partial charge on any atom is 0.154 e. The van der Waals surface area contributed by atoms with E-state index in [2.05, 4.69) is 20.3 Å². The monoisotopic (exact) mass is 305 g/mol. The van der Waals surface area contributed by atoms with Gasteiger partial charge in [-0.15, -0.1) is 5.10 Å².